The molecule has 0 radical (unpaired) electrons. The van der Waals surface area contributed by atoms with Crippen LogP contribution in [0.2, 0.25) is 0 Å². The molecule has 1 aromatic heterocycles. The first kappa shape index (κ1) is 9.98. The van der Waals surface area contributed by atoms with Gasteiger partial charge < -0.3 is 15.1 Å². The van der Waals surface area contributed by atoms with Crippen LogP contribution in [0.3, 0.4) is 0 Å². The van der Waals surface area contributed by atoms with Crippen LogP contribution in [-0.2, 0) is 6.54 Å². The highest BCUT2D eigenvalue weighted by Gasteiger charge is 2.10. The fourth-order valence-corrected chi connectivity index (χ4v) is 1.11. The summed E-state index contributed by atoms with van der Waals surface area (Å²) in [5.41, 5.74) is 5.35. The Kier molecular flexibility index (Phi) is 3.25. The third-order valence-corrected chi connectivity index (χ3v) is 1.60. The Bertz CT molecular complexity index is 258. The average Bonchev–Trinajstić information content (AvgIpc) is 2.50. The molecule has 2 N–H and O–H groups in total. The van der Waals surface area contributed by atoms with Crippen LogP contribution >= 0.6 is 0 Å². The maximum Gasteiger partial charge on any atom is 0.317 e. The maximum atomic E-state index is 5.35. The molecule has 1 rings (SSSR count). The summed E-state index contributed by atoms with van der Waals surface area (Å²) in [7, 11) is 1.92. The van der Waals surface area contributed by atoms with Gasteiger partial charge in [0.2, 0.25) is 5.89 Å². The molecule has 0 fully saturated rings. The minimum atomic E-state index is 0.294. The van der Waals surface area contributed by atoms with Crippen molar-refractivity contribution in [3.63, 3.8) is 0 Å². The Hall–Kier alpha value is -1.10. The summed E-state index contributed by atoms with van der Waals surface area (Å²) >= 11 is 0. The molecule has 0 aliphatic heterocycles. The van der Waals surface area contributed by atoms with Gasteiger partial charge in [-0.2, -0.15) is 0 Å². The Morgan fingerprint density at radius 2 is 2.15 bits per heavy atom. The summed E-state index contributed by atoms with van der Waals surface area (Å²) in [6, 6.07) is 0.536. The molecule has 1 aromatic rings. The molecule has 0 aromatic carbocycles. The molecule has 0 unspecified atom stereocenters. The van der Waals surface area contributed by atoms with Crippen molar-refractivity contribution in [2.24, 2.45) is 11.7 Å². The fraction of sp³-hybridized carbons (Fsp3) is 0.750. The van der Waals surface area contributed by atoms with E-state index in [0.29, 0.717) is 24.4 Å². The topological polar surface area (TPSA) is 68.2 Å². The number of aromatic nitrogens is 2. The van der Waals surface area contributed by atoms with Crippen molar-refractivity contribution < 1.29 is 4.42 Å². The van der Waals surface area contributed by atoms with Gasteiger partial charge in [-0.25, -0.2) is 0 Å². The van der Waals surface area contributed by atoms with Crippen LogP contribution in [0, 0.1) is 5.92 Å². The van der Waals surface area contributed by atoms with Gasteiger partial charge in [0.1, 0.15) is 0 Å². The van der Waals surface area contributed by atoms with Crippen LogP contribution < -0.4 is 10.6 Å². The number of anilines is 1. The molecule has 5 nitrogen and oxygen atoms in total. The van der Waals surface area contributed by atoms with Crippen LogP contribution in [0.5, 0.6) is 0 Å². The first-order chi connectivity index (χ1) is 6.13. The van der Waals surface area contributed by atoms with E-state index in [4.69, 9.17) is 10.2 Å². The van der Waals surface area contributed by atoms with E-state index in [-0.39, 0.29) is 0 Å². The van der Waals surface area contributed by atoms with Crippen molar-refractivity contribution in [3.8, 4) is 0 Å². The number of nitrogens with zero attached hydrogens (tertiary/aromatic N) is 3. The molecule has 0 aliphatic carbocycles. The second-order valence-electron chi connectivity index (χ2n) is 3.46. The summed E-state index contributed by atoms with van der Waals surface area (Å²) in [5, 5.41) is 7.65. The maximum absolute atomic E-state index is 5.35. The number of nitrogens with two attached hydrogens (primary N) is 1. The normalized spacial score (nSPS) is 10.8. The first-order valence-electron chi connectivity index (χ1n) is 4.37. The predicted octanol–water partition coefficient (Wildman–Crippen LogP) is 0.621. The van der Waals surface area contributed by atoms with E-state index in [2.05, 4.69) is 24.0 Å². The zero-order valence-corrected chi connectivity index (χ0v) is 8.32. The lowest BCUT2D eigenvalue weighted by atomic mass is 10.2. The molecule has 0 spiro atoms. The molecule has 5 heteroatoms. The van der Waals surface area contributed by atoms with E-state index in [9.17, 15) is 0 Å². The lowest BCUT2D eigenvalue weighted by molar-refractivity contribution is 0.481. The van der Waals surface area contributed by atoms with Gasteiger partial charge >= 0.3 is 6.01 Å². The van der Waals surface area contributed by atoms with E-state index in [1.54, 1.807) is 0 Å². The molecule has 0 saturated carbocycles. The van der Waals surface area contributed by atoms with Crippen molar-refractivity contribution in [3.05, 3.63) is 5.89 Å². The summed E-state index contributed by atoms with van der Waals surface area (Å²) in [6.07, 6.45) is 0. The zero-order chi connectivity index (χ0) is 9.84. The van der Waals surface area contributed by atoms with E-state index < -0.39 is 0 Å². The number of hydrogen-bond donors (Lipinski definition) is 1. The summed E-state index contributed by atoms with van der Waals surface area (Å²) in [4.78, 5) is 1.93. The van der Waals surface area contributed by atoms with Crippen molar-refractivity contribution in [2.45, 2.75) is 20.4 Å². The van der Waals surface area contributed by atoms with Crippen molar-refractivity contribution >= 4 is 6.01 Å². The van der Waals surface area contributed by atoms with Gasteiger partial charge in [-0.3, -0.25) is 0 Å². The van der Waals surface area contributed by atoms with E-state index in [0.717, 1.165) is 6.54 Å². The van der Waals surface area contributed by atoms with Gasteiger partial charge in [-0.1, -0.05) is 18.9 Å². The molecule has 13 heavy (non-hydrogen) atoms. The van der Waals surface area contributed by atoms with Crippen LogP contribution in [0.4, 0.5) is 6.01 Å². The number of hydrogen-bond acceptors (Lipinski definition) is 5. The van der Waals surface area contributed by atoms with Gasteiger partial charge in [0.15, 0.2) is 0 Å². The Labute approximate surface area is 77.9 Å². The van der Waals surface area contributed by atoms with Gasteiger partial charge in [0.05, 0.1) is 6.54 Å². The van der Waals surface area contributed by atoms with Gasteiger partial charge in [0, 0.05) is 13.6 Å². The predicted molar refractivity (Wildman–Crippen MR) is 50.3 cm³/mol. The van der Waals surface area contributed by atoms with Crippen molar-refractivity contribution in [2.75, 3.05) is 18.5 Å². The SMILES string of the molecule is CC(C)CN(C)c1nnc(CN)o1. The highest BCUT2D eigenvalue weighted by Crippen LogP contribution is 2.11. The molecule has 74 valence electrons. The minimum Gasteiger partial charge on any atom is -0.407 e. The Morgan fingerprint density at radius 1 is 1.46 bits per heavy atom. The highest BCUT2D eigenvalue weighted by atomic mass is 16.4. The molecule has 0 saturated heterocycles. The van der Waals surface area contributed by atoms with E-state index >= 15 is 0 Å². The molecule has 0 bridgehead atoms. The van der Waals surface area contributed by atoms with Crippen LogP contribution in [-0.4, -0.2) is 23.8 Å². The zero-order valence-electron chi connectivity index (χ0n) is 8.32. The molecule has 0 amide bonds. The quantitative estimate of drug-likeness (QED) is 0.743. The second-order valence-corrected chi connectivity index (χ2v) is 3.46. The second kappa shape index (κ2) is 4.23. The minimum absolute atomic E-state index is 0.294. The van der Waals surface area contributed by atoms with Gasteiger partial charge in [-0.05, 0) is 5.92 Å². The lowest BCUT2D eigenvalue weighted by Gasteiger charge is -2.15. The lowest BCUT2D eigenvalue weighted by Crippen LogP contribution is -2.22. The molecular formula is C8H16N4O. The highest BCUT2D eigenvalue weighted by molar-refractivity contribution is 5.21. The van der Waals surface area contributed by atoms with Gasteiger partial charge in [0.25, 0.3) is 0 Å². The smallest absolute Gasteiger partial charge is 0.317 e. The third-order valence-electron chi connectivity index (χ3n) is 1.60. The standard InChI is InChI=1S/C8H16N4O/c1-6(2)5-12(3)8-11-10-7(4-9)13-8/h6H,4-5,9H2,1-3H3. The van der Waals surface area contributed by atoms with Crippen molar-refractivity contribution in [1.29, 1.82) is 0 Å². The number of rotatable bonds is 4. The molecule has 0 atom stereocenters. The van der Waals surface area contributed by atoms with Crippen molar-refractivity contribution in [1.82, 2.24) is 10.2 Å². The van der Waals surface area contributed by atoms with Crippen LogP contribution in [0.15, 0.2) is 4.42 Å². The van der Waals surface area contributed by atoms with E-state index in [1.807, 2.05) is 11.9 Å². The molecule has 0 aliphatic rings. The molecule has 1 heterocycles. The third kappa shape index (κ3) is 2.69. The monoisotopic (exact) mass is 184 g/mol. The summed E-state index contributed by atoms with van der Waals surface area (Å²) in [6.45, 7) is 5.46. The first-order valence-corrected chi connectivity index (χ1v) is 4.37. The van der Waals surface area contributed by atoms with Gasteiger partial charge in [-0.15, -0.1) is 5.10 Å². The Morgan fingerprint density at radius 3 is 2.62 bits per heavy atom. The van der Waals surface area contributed by atoms with Crippen LogP contribution in [0.1, 0.15) is 19.7 Å². The molecular weight excluding hydrogens is 168 g/mol. The summed E-state index contributed by atoms with van der Waals surface area (Å²) in [5.74, 6) is 1.05. The van der Waals surface area contributed by atoms with E-state index in [1.165, 1.54) is 0 Å². The Balaban J connectivity index is 2.60. The average molecular weight is 184 g/mol. The summed E-state index contributed by atoms with van der Waals surface area (Å²) < 4.78 is 5.27. The largest absolute Gasteiger partial charge is 0.407 e. The van der Waals surface area contributed by atoms with Crippen LogP contribution in [0.25, 0.3) is 0 Å². The fourth-order valence-electron chi connectivity index (χ4n) is 1.11.